The highest BCUT2D eigenvalue weighted by Crippen LogP contribution is 2.07. The summed E-state index contributed by atoms with van der Waals surface area (Å²) in [5.41, 5.74) is 2.64. The third-order valence-electron chi connectivity index (χ3n) is 1.87. The van der Waals surface area contributed by atoms with E-state index in [1.54, 1.807) is 0 Å². The third kappa shape index (κ3) is 14.7. The molecule has 1 rings (SSSR count). The average molecular weight is 248 g/mol. The van der Waals surface area contributed by atoms with E-state index in [4.69, 9.17) is 0 Å². The van der Waals surface area contributed by atoms with E-state index in [-0.39, 0.29) is 0 Å². The molecular weight excluding hydrogens is 216 g/mol. The molecule has 0 aliphatic carbocycles. The smallest absolute Gasteiger partial charge is 0.0231 e. The van der Waals surface area contributed by atoms with E-state index in [9.17, 15) is 0 Å². The molecule has 0 N–H and O–H groups in total. The van der Waals surface area contributed by atoms with Gasteiger partial charge in [0, 0.05) is 0 Å². The molecule has 0 aliphatic rings. The fraction of sp³-hybridized carbons (Fsp3) is 0.444. The van der Waals surface area contributed by atoms with E-state index in [2.05, 4.69) is 43.3 Å². The summed E-state index contributed by atoms with van der Waals surface area (Å²) in [5.74, 6) is 0. The minimum Gasteiger partial charge on any atom is -0.0919 e. The molecule has 0 heteroatoms. The van der Waals surface area contributed by atoms with E-state index in [0.29, 0.717) is 0 Å². The van der Waals surface area contributed by atoms with Crippen molar-refractivity contribution in [3.05, 3.63) is 53.6 Å². The predicted molar refractivity (Wildman–Crippen MR) is 89.1 cm³/mol. The van der Waals surface area contributed by atoms with E-state index < -0.39 is 0 Å². The van der Waals surface area contributed by atoms with Gasteiger partial charge in [0.15, 0.2) is 0 Å². The molecule has 0 unspecified atom stereocenters. The topological polar surface area (TPSA) is 0 Å². The molecule has 104 valence electrons. The zero-order chi connectivity index (χ0) is 14.8. The SMILES string of the molecule is C/C=C\C.C/C=C\c1ccccc1C.CC.CC. The van der Waals surface area contributed by atoms with Crippen molar-refractivity contribution in [2.24, 2.45) is 0 Å². The molecule has 0 nitrogen and oxygen atoms in total. The molecule has 0 spiro atoms. The summed E-state index contributed by atoms with van der Waals surface area (Å²) >= 11 is 0. The lowest BCUT2D eigenvalue weighted by atomic mass is 10.1. The van der Waals surface area contributed by atoms with Crippen molar-refractivity contribution in [2.75, 3.05) is 0 Å². The van der Waals surface area contributed by atoms with Gasteiger partial charge in [0.1, 0.15) is 0 Å². The van der Waals surface area contributed by atoms with Crippen molar-refractivity contribution in [1.82, 2.24) is 0 Å². The van der Waals surface area contributed by atoms with Crippen molar-refractivity contribution in [1.29, 1.82) is 0 Å². The molecule has 0 saturated carbocycles. The quantitative estimate of drug-likeness (QED) is 0.487. The van der Waals surface area contributed by atoms with Crippen molar-refractivity contribution in [2.45, 2.75) is 55.4 Å². The van der Waals surface area contributed by atoms with Crippen molar-refractivity contribution in [3.63, 3.8) is 0 Å². The Labute approximate surface area is 115 Å². The summed E-state index contributed by atoms with van der Waals surface area (Å²) in [4.78, 5) is 0. The van der Waals surface area contributed by atoms with E-state index in [1.165, 1.54) is 11.1 Å². The number of benzene rings is 1. The molecule has 0 aliphatic heterocycles. The molecule has 0 saturated heterocycles. The second-order valence-corrected chi connectivity index (χ2v) is 3.02. The Morgan fingerprint density at radius 1 is 0.722 bits per heavy atom. The van der Waals surface area contributed by atoms with Crippen LogP contribution in [0.4, 0.5) is 0 Å². The normalized spacial score (nSPS) is 8.67. The highest BCUT2D eigenvalue weighted by Gasteiger charge is 1.87. The fourth-order valence-corrected chi connectivity index (χ4v) is 0.953. The van der Waals surface area contributed by atoms with Crippen molar-refractivity contribution >= 4 is 6.08 Å². The standard InChI is InChI=1S/C10H12.C4H8.2C2H6/c1-3-6-10-8-5-4-7-9(10)2;1-3-4-2;2*1-2/h3-8H,1-2H3;3-4H,1-2H3;2*1-2H3/b6-3-;4-3-;;. The molecule has 1 aromatic rings. The molecular formula is C18H32. The Morgan fingerprint density at radius 3 is 1.50 bits per heavy atom. The van der Waals surface area contributed by atoms with Gasteiger partial charge in [-0.15, -0.1) is 0 Å². The molecule has 0 heterocycles. The lowest BCUT2D eigenvalue weighted by Gasteiger charge is -1.96. The number of rotatable bonds is 1. The highest BCUT2D eigenvalue weighted by atomic mass is 13.9. The minimum atomic E-state index is 1.31. The molecule has 0 amide bonds. The maximum Gasteiger partial charge on any atom is -0.0231 e. The Morgan fingerprint density at radius 2 is 1.17 bits per heavy atom. The van der Waals surface area contributed by atoms with Gasteiger partial charge < -0.3 is 0 Å². The lowest BCUT2D eigenvalue weighted by Crippen LogP contribution is -1.76. The summed E-state index contributed by atoms with van der Waals surface area (Å²) < 4.78 is 0. The zero-order valence-corrected chi connectivity index (χ0v) is 13.6. The Kier molecular flexibility index (Phi) is 25.6. The van der Waals surface area contributed by atoms with Crippen LogP contribution in [-0.4, -0.2) is 0 Å². The Bertz CT molecular complexity index is 289. The van der Waals surface area contributed by atoms with Crippen LogP contribution in [0.25, 0.3) is 6.08 Å². The fourth-order valence-electron chi connectivity index (χ4n) is 0.953. The first kappa shape index (κ1) is 21.9. The van der Waals surface area contributed by atoms with Crippen molar-refractivity contribution < 1.29 is 0 Å². The average Bonchev–Trinajstić information content (AvgIpc) is 2.46. The van der Waals surface area contributed by atoms with Crippen LogP contribution in [0.1, 0.15) is 59.6 Å². The van der Waals surface area contributed by atoms with Crippen LogP contribution in [0.2, 0.25) is 0 Å². The van der Waals surface area contributed by atoms with Crippen LogP contribution in [0.15, 0.2) is 42.5 Å². The van der Waals surface area contributed by atoms with Gasteiger partial charge in [-0.25, -0.2) is 0 Å². The summed E-state index contributed by atoms with van der Waals surface area (Å²) in [5, 5.41) is 0. The summed E-state index contributed by atoms with van der Waals surface area (Å²) in [6, 6.07) is 8.36. The summed E-state index contributed by atoms with van der Waals surface area (Å²) in [7, 11) is 0. The van der Waals surface area contributed by atoms with Gasteiger partial charge in [-0.2, -0.15) is 0 Å². The monoisotopic (exact) mass is 248 g/mol. The Hall–Kier alpha value is -1.30. The second-order valence-electron chi connectivity index (χ2n) is 3.02. The van der Waals surface area contributed by atoms with Gasteiger partial charge in [0.2, 0.25) is 0 Å². The summed E-state index contributed by atoms with van der Waals surface area (Å²) in [6.45, 7) is 16.2. The van der Waals surface area contributed by atoms with Crippen LogP contribution in [-0.2, 0) is 0 Å². The molecule has 0 aromatic heterocycles. The first-order valence-corrected chi connectivity index (χ1v) is 7.01. The third-order valence-corrected chi connectivity index (χ3v) is 1.87. The van der Waals surface area contributed by atoms with Gasteiger partial charge in [0.25, 0.3) is 0 Å². The van der Waals surface area contributed by atoms with Gasteiger partial charge in [-0.3, -0.25) is 0 Å². The van der Waals surface area contributed by atoms with Gasteiger partial charge in [-0.1, -0.05) is 76.3 Å². The maximum absolute atomic E-state index is 2.12. The zero-order valence-electron chi connectivity index (χ0n) is 13.6. The maximum atomic E-state index is 2.12. The van der Waals surface area contributed by atoms with Gasteiger partial charge in [-0.05, 0) is 38.8 Å². The Balaban J connectivity index is -0.000000238. The second kappa shape index (κ2) is 21.0. The lowest BCUT2D eigenvalue weighted by molar-refractivity contribution is 1.44. The van der Waals surface area contributed by atoms with Gasteiger partial charge in [0.05, 0.1) is 0 Å². The van der Waals surface area contributed by atoms with Crippen LogP contribution in [0, 0.1) is 6.92 Å². The minimum absolute atomic E-state index is 1.31. The highest BCUT2D eigenvalue weighted by molar-refractivity contribution is 5.52. The van der Waals surface area contributed by atoms with Crippen molar-refractivity contribution in [3.8, 4) is 0 Å². The predicted octanol–water partition coefficient (Wildman–Crippen LogP) is 6.66. The number of hydrogen-bond donors (Lipinski definition) is 0. The number of hydrogen-bond acceptors (Lipinski definition) is 0. The van der Waals surface area contributed by atoms with E-state index >= 15 is 0 Å². The van der Waals surface area contributed by atoms with Crippen LogP contribution in [0.5, 0.6) is 0 Å². The molecule has 1 aromatic carbocycles. The number of aryl methyl sites for hydroxylation is 1. The first-order valence-electron chi connectivity index (χ1n) is 7.01. The molecule has 0 atom stereocenters. The largest absolute Gasteiger partial charge is 0.0919 e. The number of allylic oxidation sites excluding steroid dienone is 3. The summed E-state index contributed by atoms with van der Waals surface area (Å²) in [6.07, 6.45) is 8.18. The molecule has 0 bridgehead atoms. The molecule has 0 radical (unpaired) electrons. The van der Waals surface area contributed by atoms with E-state index in [1.807, 2.05) is 60.6 Å². The molecule has 0 fully saturated rings. The van der Waals surface area contributed by atoms with E-state index in [0.717, 1.165) is 0 Å². The molecule has 18 heavy (non-hydrogen) atoms. The first-order chi connectivity index (χ1) is 8.76. The van der Waals surface area contributed by atoms with Crippen LogP contribution < -0.4 is 0 Å². The van der Waals surface area contributed by atoms with Gasteiger partial charge >= 0.3 is 0 Å². The van der Waals surface area contributed by atoms with Crippen LogP contribution in [0.3, 0.4) is 0 Å². The van der Waals surface area contributed by atoms with Crippen LogP contribution >= 0.6 is 0 Å².